The average Bonchev–Trinajstić information content (AvgIpc) is 2.33. The number of methoxy groups -OCH3 is 1. The van der Waals surface area contributed by atoms with Crippen LogP contribution in [0.4, 0.5) is 0 Å². The third-order valence-electron chi connectivity index (χ3n) is 2.10. The van der Waals surface area contributed by atoms with Crippen LogP contribution < -0.4 is 14.8 Å². The third-order valence-corrected chi connectivity index (χ3v) is 2.72. The van der Waals surface area contributed by atoms with E-state index in [0.717, 1.165) is 21.7 Å². The molecule has 83 valence electrons. The first-order chi connectivity index (χ1) is 7.79. The normalized spacial score (nSPS) is 14.0. The quantitative estimate of drug-likeness (QED) is 0.924. The molecule has 1 aliphatic heterocycles. The molecule has 1 N–H and O–H groups in total. The van der Waals surface area contributed by atoms with Crippen LogP contribution >= 0.6 is 15.9 Å². The lowest BCUT2D eigenvalue weighted by molar-refractivity contribution is 0.397. The van der Waals surface area contributed by atoms with Crippen molar-refractivity contribution in [3.05, 3.63) is 46.8 Å². The molecule has 0 amide bonds. The number of hydrogen-bond acceptors (Lipinski definition) is 3. The van der Waals surface area contributed by atoms with E-state index in [4.69, 9.17) is 9.47 Å². The molecule has 4 heteroatoms. The zero-order valence-electron chi connectivity index (χ0n) is 8.79. The van der Waals surface area contributed by atoms with Crippen LogP contribution in [0, 0.1) is 6.20 Å². The van der Waals surface area contributed by atoms with Gasteiger partial charge in [-0.15, -0.1) is 0 Å². The second-order valence-electron chi connectivity index (χ2n) is 3.20. The van der Waals surface area contributed by atoms with E-state index in [1.807, 2.05) is 24.3 Å². The third kappa shape index (κ3) is 2.58. The van der Waals surface area contributed by atoms with Gasteiger partial charge in [-0.2, -0.15) is 0 Å². The second-order valence-corrected chi connectivity index (χ2v) is 4.05. The average molecular weight is 281 g/mol. The summed E-state index contributed by atoms with van der Waals surface area (Å²) < 4.78 is 11.7. The van der Waals surface area contributed by atoms with Gasteiger partial charge in [0, 0.05) is 0 Å². The zero-order chi connectivity index (χ0) is 11.4. The predicted octanol–water partition coefficient (Wildman–Crippen LogP) is 2.64. The van der Waals surface area contributed by atoms with E-state index in [1.165, 1.54) is 0 Å². The van der Waals surface area contributed by atoms with Crippen molar-refractivity contribution in [3.63, 3.8) is 0 Å². The van der Waals surface area contributed by atoms with Crippen molar-refractivity contribution in [2.75, 3.05) is 13.7 Å². The minimum Gasteiger partial charge on any atom is -0.497 e. The van der Waals surface area contributed by atoms with Crippen molar-refractivity contribution < 1.29 is 9.47 Å². The molecule has 0 saturated heterocycles. The zero-order valence-corrected chi connectivity index (χ0v) is 10.4. The maximum absolute atomic E-state index is 5.71. The monoisotopic (exact) mass is 280 g/mol. The van der Waals surface area contributed by atoms with Crippen LogP contribution in [0.2, 0.25) is 0 Å². The van der Waals surface area contributed by atoms with Crippen LogP contribution in [0.15, 0.2) is 40.6 Å². The van der Waals surface area contributed by atoms with Gasteiger partial charge in [0.1, 0.15) is 17.3 Å². The molecule has 2 rings (SSSR count). The van der Waals surface area contributed by atoms with Gasteiger partial charge in [0.2, 0.25) is 0 Å². The molecule has 1 radical (unpaired) electrons. The van der Waals surface area contributed by atoms with E-state index in [-0.39, 0.29) is 0 Å². The highest BCUT2D eigenvalue weighted by Crippen LogP contribution is 2.30. The second kappa shape index (κ2) is 5.07. The fourth-order valence-electron chi connectivity index (χ4n) is 1.29. The molecular formula is C12H11BrNO2. The van der Waals surface area contributed by atoms with Gasteiger partial charge in [-0.05, 0) is 46.3 Å². The highest BCUT2D eigenvalue weighted by Gasteiger charge is 2.06. The van der Waals surface area contributed by atoms with Gasteiger partial charge in [-0.25, -0.2) is 0 Å². The van der Waals surface area contributed by atoms with Gasteiger partial charge >= 0.3 is 0 Å². The molecule has 0 atom stereocenters. The standard InChI is InChI=1S/C12H11BrNO2/c1-15-9-4-5-12(11(13)7-9)16-10-3-2-6-14-8-10/h2-5,7,14H,8H2,1H3. The highest BCUT2D eigenvalue weighted by atomic mass is 79.9. The van der Waals surface area contributed by atoms with Gasteiger partial charge in [0.05, 0.1) is 24.3 Å². The van der Waals surface area contributed by atoms with Crippen LogP contribution in [0.1, 0.15) is 0 Å². The van der Waals surface area contributed by atoms with Crippen molar-refractivity contribution in [3.8, 4) is 11.5 Å². The number of nitrogens with one attached hydrogen (secondary N) is 1. The van der Waals surface area contributed by atoms with Crippen LogP contribution in [0.3, 0.4) is 0 Å². The summed E-state index contributed by atoms with van der Waals surface area (Å²) >= 11 is 3.44. The number of dihydropyridines is 1. The first kappa shape index (κ1) is 11.1. The summed E-state index contributed by atoms with van der Waals surface area (Å²) in [5, 5.41) is 2.96. The van der Waals surface area contributed by atoms with Crippen molar-refractivity contribution in [1.29, 1.82) is 0 Å². The summed E-state index contributed by atoms with van der Waals surface area (Å²) in [6, 6.07) is 5.60. The molecule has 0 bridgehead atoms. The molecule has 1 aromatic carbocycles. The Morgan fingerprint density at radius 3 is 2.94 bits per heavy atom. The van der Waals surface area contributed by atoms with Crippen LogP contribution in [0.5, 0.6) is 11.5 Å². The molecule has 0 unspecified atom stereocenters. The Balaban J connectivity index is 2.15. The first-order valence-corrected chi connectivity index (χ1v) is 5.61. The van der Waals surface area contributed by atoms with Gasteiger partial charge in [0.15, 0.2) is 0 Å². The Morgan fingerprint density at radius 2 is 2.31 bits per heavy atom. The Kier molecular flexibility index (Phi) is 3.51. The van der Waals surface area contributed by atoms with Crippen LogP contribution in [-0.4, -0.2) is 13.7 Å². The maximum atomic E-state index is 5.71. The minimum atomic E-state index is 0.648. The lowest BCUT2D eigenvalue weighted by atomic mass is 10.3. The van der Waals surface area contributed by atoms with Gasteiger partial charge in [0.25, 0.3) is 0 Å². The molecule has 1 heterocycles. The van der Waals surface area contributed by atoms with Crippen LogP contribution in [0.25, 0.3) is 0 Å². The minimum absolute atomic E-state index is 0.648. The van der Waals surface area contributed by atoms with Gasteiger partial charge in [-0.1, -0.05) is 0 Å². The number of ether oxygens (including phenoxy) is 2. The molecule has 0 fully saturated rings. The van der Waals surface area contributed by atoms with Crippen molar-refractivity contribution >= 4 is 15.9 Å². The Hall–Kier alpha value is -1.42. The van der Waals surface area contributed by atoms with E-state index in [2.05, 4.69) is 27.4 Å². The Labute approximate surface area is 103 Å². The molecule has 0 saturated carbocycles. The van der Waals surface area contributed by atoms with Crippen molar-refractivity contribution in [2.24, 2.45) is 0 Å². The predicted molar refractivity (Wildman–Crippen MR) is 65.2 cm³/mol. The Morgan fingerprint density at radius 1 is 1.44 bits per heavy atom. The summed E-state index contributed by atoms with van der Waals surface area (Å²) in [6.45, 7) is 0.648. The summed E-state index contributed by atoms with van der Waals surface area (Å²) in [5.41, 5.74) is 0. The number of hydrogen-bond donors (Lipinski definition) is 1. The molecule has 0 spiro atoms. The molecule has 0 aliphatic carbocycles. The fourth-order valence-corrected chi connectivity index (χ4v) is 1.73. The Bertz CT molecular complexity index is 441. The molecule has 1 aliphatic rings. The number of rotatable bonds is 3. The summed E-state index contributed by atoms with van der Waals surface area (Å²) in [6.07, 6.45) is 6.54. The van der Waals surface area contributed by atoms with E-state index in [9.17, 15) is 0 Å². The number of halogens is 1. The number of allylic oxidation sites excluding steroid dienone is 2. The molecule has 3 nitrogen and oxygen atoms in total. The van der Waals surface area contributed by atoms with Gasteiger partial charge in [-0.3, -0.25) is 0 Å². The van der Waals surface area contributed by atoms with Crippen molar-refractivity contribution in [1.82, 2.24) is 5.32 Å². The topological polar surface area (TPSA) is 30.5 Å². The fraction of sp³-hybridized carbons (Fsp3) is 0.167. The van der Waals surface area contributed by atoms with E-state index >= 15 is 0 Å². The van der Waals surface area contributed by atoms with E-state index in [0.29, 0.717) is 6.54 Å². The van der Waals surface area contributed by atoms with Gasteiger partial charge < -0.3 is 14.8 Å². The summed E-state index contributed by atoms with van der Waals surface area (Å²) in [5.74, 6) is 2.41. The summed E-state index contributed by atoms with van der Waals surface area (Å²) in [7, 11) is 1.64. The van der Waals surface area contributed by atoms with Crippen LogP contribution in [-0.2, 0) is 0 Å². The maximum Gasteiger partial charge on any atom is 0.141 e. The molecular weight excluding hydrogens is 270 g/mol. The van der Waals surface area contributed by atoms with E-state index < -0.39 is 0 Å². The highest BCUT2D eigenvalue weighted by molar-refractivity contribution is 9.10. The van der Waals surface area contributed by atoms with Crippen molar-refractivity contribution in [2.45, 2.75) is 0 Å². The lowest BCUT2D eigenvalue weighted by Gasteiger charge is -2.13. The first-order valence-electron chi connectivity index (χ1n) is 4.82. The molecule has 0 aromatic heterocycles. The van der Waals surface area contributed by atoms with E-state index in [1.54, 1.807) is 13.2 Å². The largest absolute Gasteiger partial charge is 0.497 e. The summed E-state index contributed by atoms with van der Waals surface area (Å²) in [4.78, 5) is 0. The smallest absolute Gasteiger partial charge is 0.141 e. The molecule has 16 heavy (non-hydrogen) atoms. The SMILES string of the molecule is COc1ccc(OC2=CC=[C]NC2)c(Br)c1. The number of benzene rings is 1. The molecule has 1 aromatic rings. The lowest BCUT2D eigenvalue weighted by Crippen LogP contribution is -2.16.